The predicted molar refractivity (Wildman–Crippen MR) is 88.1 cm³/mol. The zero-order valence-corrected chi connectivity index (χ0v) is 13.2. The number of hydrogen-bond acceptors (Lipinski definition) is 4. The molecule has 1 aromatic heterocycles. The number of rotatable bonds is 4. The van der Waals surface area contributed by atoms with Crippen molar-refractivity contribution in [1.82, 2.24) is 20.2 Å². The summed E-state index contributed by atoms with van der Waals surface area (Å²) >= 11 is 5.88. The van der Waals surface area contributed by atoms with E-state index in [2.05, 4.69) is 20.7 Å². The first-order valence-corrected chi connectivity index (χ1v) is 7.38. The first-order valence-electron chi connectivity index (χ1n) is 7.00. The minimum Gasteiger partial charge on any atom is -0.324 e. The van der Waals surface area contributed by atoms with Crippen LogP contribution in [0.15, 0.2) is 48.5 Å². The molecule has 23 heavy (non-hydrogen) atoms. The predicted octanol–water partition coefficient (Wildman–Crippen LogP) is 2.94. The maximum Gasteiger partial charge on any atom is 0.248 e. The van der Waals surface area contributed by atoms with Gasteiger partial charge in [-0.15, -0.1) is 10.2 Å². The van der Waals surface area contributed by atoms with Gasteiger partial charge in [-0.3, -0.25) is 4.79 Å². The first-order chi connectivity index (χ1) is 11.1. The normalized spacial score (nSPS) is 10.5. The van der Waals surface area contributed by atoms with Crippen LogP contribution in [0.25, 0.3) is 11.4 Å². The Balaban J connectivity index is 1.66. The number of carbonyl (C=O) groups is 1. The van der Waals surface area contributed by atoms with Crippen molar-refractivity contribution in [3.8, 4) is 11.4 Å². The lowest BCUT2D eigenvalue weighted by Crippen LogP contribution is -2.20. The molecule has 3 rings (SSSR count). The monoisotopic (exact) mass is 327 g/mol. The van der Waals surface area contributed by atoms with Gasteiger partial charge in [0.15, 0.2) is 0 Å². The minimum absolute atomic E-state index is 0.0224. The molecule has 0 aliphatic heterocycles. The van der Waals surface area contributed by atoms with E-state index in [9.17, 15) is 4.79 Å². The summed E-state index contributed by atoms with van der Waals surface area (Å²) in [5, 5.41) is 15.4. The highest BCUT2D eigenvalue weighted by molar-refractivity contribution is 6.30. The summed E-state index contributed by atoms with van der Waals surface area (Å²) < 4.78 is 0. The van der Waals surface area contributed by atoms with Crippen LogP contribution in [0.2, 0.25) is 5.02 Å². The summed E-state index contributed by atoms with van der Waals surface area (Å²) in [5.41, 5.74) is 2.64. The van der Waals surface area contributed by atoms with Gasteiger partial charge in [-0.25, -0.2) is 0 Å². The zero-order valence-electron chi connectivity index (χ0n) is 12.4. The second-order valence-corrected chi connectivity index (χ2v) is 5.50. The molecule has 1 N–H and O–H groups in total. The first kappa shape index (κ1) is 15.2. The van der Waals surface area contributed by atoms with Gasteiger partial charge in [0, 0.05) is 16.3 Å². The van der Waals surface area contributed by atoms with Crippen LogP contribution in [0.5, 0.6) is 0 Å². The van der Waals surface area contributed by atoms with Crippen LogP contribution in [0.3, 0.4) is 0 Å². The fraction of sp³-hybridized carbons (Fsp3) is 0.125. The van der Waals surface area contributed by atoms with Crippen molar-refractivity contribution in [3.63, 3.8) is 0 Å². The largest absolute Gasteiger partial charge is 0.324 e. The van der Waals surface area contributed by atoms with Crippen molar-refractivity contribution in [2.75, 3.05) is 5.32 Å². The Hall–Kier alpha value is -2.73. The molecular formula is C16H14ClN5O. The SMILES string of the molecule is Cc1ccc(-c2nnn(CC(=O)Nc3cccc(Cl)c3)n2)cc1. The average Bonchev–Trinajstić information content (AvgIpc) is 2.96. The van der Waals surface area contributed by atoms with Crippen LogP contribution in [-0.4, -0.2) is 26.1 Å². The lowest BCUT2D eigenvalue weighted by atomic mass is 10.1. The van der Waals surface area contributed by atoms with Gasteiger partial charge in [-0.2, -0.15) is 4.80 Å². The lowest BCUT2D eigenvalue weighted by Gasteiger charge is -2.04. The van der Waals surface area contributed by atoms with E-state index in [0.717, 1.165) is 11.1 Å². The number of carbonyl (C=O) groups excluding carboxylic acids is 1. The highest BCUT2D eigenvalue weighted by Crippen LogP contribution is 2.15. The third-order valence-corrected chi connectivity index (χ3v) is 3.39. The average molecular weight is 328 g/mol. The minimum atomic E-state index is -0.250. The number of aromatic nitrogens is 4. The van der Waals surface area contributed by atoms with Crippen molar-refractivity contribution in [2.45, 2.75) is 13.5 Å². The molecule has 0 radical (unpaired) electrons. The van der Waals surface area contributed by atoms with E-state index in [-0.39, 0.29) is 12.5 Å². The summed E-state index contributed by atoms with van der Waals surface area (Å²) in [7, 11) is 0. The highest BCUT2D eigenvalue weighted by atomic mass is 35.5. The second kappa shape index (κ2) is 6.58. The Kier molecular flexibility index (Phi) is 4.34. The van der Waals surface area contributed by atoms with Gasteiger partial charge in [-0.05, 0) is 30.3 Å². The van der Waals surface area contributed by atoms with Crippen LogP contribution < -0.4 is 5.32 Å². The molecule has 116 valence electrons. The molecule has 6 nitrogen and oxygen atoms in total. The van der Waals surface area contributed by atoms with Crippen molar-refractivity contribution in [3.05, 3.63) is 59.1 Å². The molecule has 0 spiro atoms. The number of nitrogens with zero attached hydrogens (tertiary/aromatic N) is 4. The Morgan fingerprint density at radius 3 is 2.74 bits per heavy atom. The van der Waals surface area contributed by atoms with Crippen LogP contribution >= 0.6 is 11.6 Å². The molecule has 0 atom stereocenters. The summed E-state index contributed by atoms with van der Waals surface area (Å²) in [6.45, 7) is 1.99. The Morgan fingerprint density at radius 2 is 2.00 bits per heavy atom. The third kappa shape index (κ3) is 3.92. The van der Waals surface area contributed by atoms with Gasteiger partial charge < -0.3 is 5.32 Å². The number of aryl methyl sites for hydroxylation is 1. The van der Waals surface area contributed by atoms with Gasteiger partial charge in [0.1, 0.15) is 6.54 Å². The molecule has 0 fully saturated rings. The smallest absolute Gasteiger partial charge is 0.248 e. The van der Waals surface area contributed by atoms with E-state index in [4.69, 9.17) is 11.6 Å². The van der Waals surface area contributed by atoms with E-state index < -0.39 is 0 Å². The van der Waals surface area contributed by atoms with Gasteiger partial charge in [-0.1, -0.05) is 47.5 Å². The Labute approximate surface area is 138 Å². The fourth-order valence-electron chi connectivity index (χ4n) is 2.02. The molecule has 1 heterocycles. The number of tetrazole rings is 1. The molecule has 0 saturated heterocycles. The van der Waals surface area contributed by atoms with E-state index in [1.54, 1.807) is 24.3 Å². The van der Waals surface area contributed by atoms with Crippen LogP contribution in [-0.2, 0) is 11.3 Å². The summed E-state index contributed by atoms with van der Waals surface area (Å²) in [5.74, 6) is 0.237. The van der Waals surface area contributed by atoms with Crippen LogP contribution in [0.4, 0.5) is 5.69 Å². The zero-order chi connectivity index (χ0) is 16.2. The standard InChI is InChI=1S/C16H14ClN5O/c1-11-5-7-12(8-6-11)16-19-21-22(20-16)10-15(23)18-14-4-2-3-13(17)9-14/h2-9H,10H2,1H3,(H,18,23). The van der Waals surface area contributed by atoms with Gasteiger partial charge in [0.2, 0.25) is 11.7 Å². The molecule has 0 saturated carbocycles. The number of benzene rings is 2. The fourth-order valence-corrected chi connectivity index (χ4v) is 2.21. The Morgan fingerprint density at radius 1 is 1.22 bits per heavy atom. The maximum atomic E-state index is 12.0. The number of amides is 1. The molecule has 3 aromatic rings. The molecule has 0 aliphatic carbocycles. The van der Waals surface area contributed by atoms with E-state index >= 15 is 0 Å². The number of nitrogens with one attached hydrogen (secondary N) is 1. The molecular weight excluding hydrogens is 314 g/mol. The van der Waals surface area contributed by atoms with Gasteiger partial charge >= 0.3 is 0 Å². The molecule has 1 amide bonds. The van der Waals surface area contributed by atoms with E-state index in [1.807, 2.05) is 31.2 Å². The Bertz CT molecular complexity index is 828. The molecule has 0 unspecified atom stereocenters. The third-order valence-electron chi connectivity index (χ3n) is 3.16. The quantitative estimate of drug-likeness (QED) is 0.799. The molecule has 7 heteroatoms. The van der Waals surface area contributed by atoms with Crippen LogP contribution in [0, 0.1) is 6.92 Å². The summed E-state index contributed by atoms with van der Waals surface area (Å²) in [6.07, 6.45) is 0. The van der Waals surface area contributed by atoms with Gasteiger partial charge in [0.05, 0.1) is 0 Å². The van der Waals surface area contributed by atoms with Crippen LogP contribution in [0.1, 0.15) is 5.56 Å². The van der Waals surface area contributed by atoms with Crippen molar-refractivity contribution in [1.29, 1.82) is 0 Å². The van der Waals surface area contributed by atoms with Gasteiger partial charge in [0.25, 0.3) is 0 Å². The number of hydrogen-bond donors (Lipinski definition) is 1. The number of halogens is 1. The highest BCUT2D eigenvalue weighted by Gasteiger charge is 2.09. The molecule has 0 aliphatic rings. The molecule has 2 aromatic carbocycles. The second-order valence-electron chi connectivity index (χ2n) is 5.07. The van der Waals surface area contributed by atoms with E-state index in [0.29, 0.717) is 16.5 Å². The topological polar surface area (TPSA) is 72.7 Å². The lowest BCUT2D eigenvalue weighted by molar-refractivity contribution is -0.117. The van der Waals surface area contributed by atoms with E-state index in [1.165, 1.54) is 4.80 Å². The van der Waals surface area contributed by atoms with Crippen molar-refractivity contribution in [2.24, 2.45) is 0 Å². The number of anilines is 1. The summed E-state index contributed by atoms with van der Waals surface area (Å²) in [6, 6.07) is 14.7. The summed E-state index contributed by atoms with van der Waals surface area (Å²) in [4.78, 5) is 13.3. The van der Waals surface area contributed by atoms with Crippen molar-refractivity contribution >= 4 is 23.2 Å². The van der Waals surface area contributed by atoms with Crippen molar-refractivity contribution < 1.29 is 4.79 Å². The maximum absolute atomic E-state index is 12.0. The molecule has 0 bridgehead atoms.